The van der Waals surface area contributed by atoms with Gasteiger partial charge >= 0.3 is 0 Å². The Morgan fingerprint density at radius 3 is 2.58 bits per heavy atom. The lowest BCUT2D eigenvalue weighted by molar-refractivity contribution is 0.0941. The molecule has 1 amide bonds. The van der Waals surface area contributed by atoms with E-state index in [0.29, 0.717) is 5.56 Å². The lowest BCUT2D eigenvalue weighted by Gasteiger charge is -2.14. The number of carbonyl (C=O) groups excluding carboxylic acids is 1. The molecule has 6 heteroatoms. The average Bonchev–Trinajstić information content (AvgIpc) is 3.16. The van der Waals surface area contributed by atoms with Crippen LogP contribution in [-0.2, 0) is 0 Å². The summed E-state index contributed by atoms with van der Waals surface area (Å²) in [5.74, 6) is -0.0686. The van der Waals surface area contributed by atoms with E-state index >= 15 is 0 Å². The van der Waals surface area contributed by atoms with Crippen LogP contribution in [0.25, 0.3) is 22.3 Å². The van der Waals surface area contributed by atoms with Crippen LogP contribution in [0.5, 0.6) is 0 Å². The molecule has 138 valence electrons. The van der Waals surface area contributed by atoms with E-state index in [1.165, 1.54) is 9.75 Å². The third kappa shape index (κ3) is 3.38. The smallest absolute Gasteiger partial charge is 0.252 e. The third-order valence-electron chi connectivity index (χ3n) is 4.61. The molecule has 3 aromatic heterocycles. The van der Waals surface area contributed by atoms with Gasteiger partial charge in [-0.25, -0.2) is 9.67 Å². The number of pyridine rings is 1. The van der Waals surface area contributed by atoms with Gasteiger partial charge in [-0.2, -0.15) is 5.10 Å². The second kappa shape index (κ2) is 7.19. The molecule has 26 heavy (non-hydrogen) atoms. The van der Waals surface area contributed by atoms with E-state index in [1.807, 2.05) is 17.7 Å². The van der Waals surface area contributed by atoms with Crippen molar-refractivity contribution in [3.63, 3.8) is 0 Å². The zero-order valence-electron chi connectivity index (χ0n) is 16.3. The molecule has 0 aliphatic rings. The number of nitrogens with zero attached hydrogens (tertiary/aromatic N) is 3. The van der Waals surface area contributed by atoms with Crippen molar-refractivity contribution in [2.45, 2.75) is 60.0 Å². The number of nitrogens with one attached hydrogen (secondary N) is 1. The molecule has 0 aliphatic heterocycles. The maximum Gasteiger partial charge on any atom is 0.252 e. The first kappa shape index (κ1) is 18.6. The second-order valence-corrected chi connectivity index (χ2v) is 8.55. The van der Waals surface area contributed by atoms with Crippen molar-refractivity contribution < 1.29 is 4.79 Å². The largest absolute Gasteiger partial charge is 0.350 e. The minimum Gasteiger partial charge on any atom is -0.350 e. The van der Waals surface area contributed by atoms with E-state index in [0.717, 1.165) is 28.7 Å². The number of fused-ring (bicyclic) bond motifs is 1. The number of thiophene rings is 1. The molecule has 0 radical (unpaired) electrons. The molecule has 1 N–H and O–H groups in total. The van der Waals surface area contributed by atoms with Crippen LogP contribution in [0.15, 0.2) is 18.3 Å². The summed E-state index contributed by atoms with van der Waals surface area (Å²) in [5, 5.41) is 8.35. The Kier molecular flexibility index (Phi) is 5.14. The van der Waals surface area contributed by atoms with E-state index in [9.17, 15) is 4.79 Å². The molecule has 1 unspecified atom stereocenters. The van der Waals surface area contributed by atoms with Crippen molar-refractivity contribution in [1.82, 2.24) is 20.1 Å². The third-order valence-corrected chi connectivity index (χ3v) is 5.57. The Hall–Kier alpha value is -2.21. The van der Waals surface area contributed by atoms with Gasteiger partial charge in [-0.15, -0.1) is 11.3 Å². The van der Waals surface area contributed by atoms with Crippen LogP contribution in [-0.4, -0.2) is 26.7 Å². The molecule has 0 aromatic carbocycles. The zero-order chi connectivity index (χ0) is 19.0. The van der Waals surface area contributed by atoms with Crippen molar-refractivity contribution in [2.24, 2.45) is 0 Å². The molecule has 3 aromatic rings. The Labute approximate surface area is 158 Å². The summed E-state index contributed by atoms with van der Waals surface area (Å²) in [6.45, 7) is 12.4. The van der Waals surface area contributed by atoms with Gasteiger partial charge in [0.2, 0.25) is 0 Å². The molecule has 0 saturated heterocycles. The van der Waals surface area contributed by atoms with Crippen LogP contribution < -0.4 is 5.32 Å². The van der Waals surface area contributed by atoms with Crippen molar-refractivity contribution in [1.29, 1.82) is 0 Å². The fourth-order valence-electron chi connectivity index (χ4n) is 3.01. The van der Waals surface area contributed by atoms with Crippen LogP contribution in [0.3, 0.4) is 0 Å². The number of hydrogen-bond acceptors (Lipinski definition) is 4. The monoisotopic (exact) mass is 370 g/mol. The SMILES string of the molecule is CCC(C)NC(=O)c1cc(-c2cc(C)sc2C)nc2c1cnn2C(C)C. The number of rotatable bonds is 5. The van der Waals surface area contributed by atoms with Crippen LogP contribution in [0.4, 0.5) is 0 Å². The normalized spacial score (nSPS) is 12.7. The summed E-state index contributed by atoms with van der Waals surface area (Å²) >= 11 is 1.75. The van der Waals surface area contributed by atoms with Gasteiger partial charge in [0.1, 0.15) is 0 Å². The molecule has 5 nitrogen and oxygen atoms in total. The summed E-state index contributed by atoms with van der Waals surface area (Å²) in [5.41, 5.74) is 3.31. The molecule has 3 rings (SSSR count). The first-order valence-corrected chi connectivity index (χ1v) is 9.90. The number of aryl methyl sites for hydroxylation is 2. The van der Waals surface area contributed by atoms with E-state index in [-0.39, 0.29) is 18.0 Å². The molecule has 1 atom stereocenters. The summed E-state index contributed by atoms with van der Waals surface area (Å²) in [7, 11) is 0. The summed E-state index contributed by atoms with van der Waals surface area (Å²) in [6, 6.07) is 4.34. The van der Waals surface area contributed by atoms with E-state index in [4.69, 9.17) is 4.98 Å². The minimum atomic E-state index is -0.0686. The Morgan fingerprint density at radius 1 is 1.27 bits per heavy atom. The second-order valence-electron chi connectivity index (χ2n) is 7.08. The number of hydrogen-bond donors (Lipinski definition) is 1. The van der Waals surface area contributed by atoms with Crippen molar-refractivity contribution >= 4 is 28.3 Å². The predicted octanol–water partition coefficient (Wildman–Crippen LogP) is 4.89. The first-order chi connectivity index (χ1) is 12.3. The molecule has 0 spiro atoms. The molecule has 0 saturated carbocycles. The van der Waals surface area contributed by atoms with Gasteiger partial charge in [-0.1, -0.05) is 6.92 Å². The summed E-state index contributed by atoms with van der Waals surface area (Å²) in [6.07, 6.45) is 2.64. The van der Waals surface area contributed by atoms with Gasteiger partial charge in [0.15, 0.2) is 5.65 Å². The molecule has 0 fully saturated rings. The Balaban J connectivity index is 2.22. The van der Waals surface area contributed by atoms with E-state index < -0.39 is 0 Å². The minimum absolute atomic E-state index is 0.0686. The molecular formula is C20H26N4OS. The zero-order valence-corrected chi connectivity index (χ0v) is 17.1. The Morgan fingerprint density at radius 2 is 2.00 bits per heavy atom. The van der Waals surface area contributed by atoms with Gasteiger partial charge < -0.3 is 5.32 Å². The molecular weight excluding hydrogens is 344 g/mol. The topological polar surface area (TPSA) is 59.8 Å². The number of amides is 1. The van der Waals surface area contributed by atoms with Crippen LogP contribution >= 0.6 is 11.3 Å². The highest BCUT2D eigenvalue weighted by atomic mass is 32.1. The molecule has 0 aliphatic carbocycles. The highest BCUT2D eigenvalue weighted by Gasteiger charge is 2.20. The molecule has 0 bridgehead atoms. The van der Waals surface area contributed by atoms with Gasteiger partial charge in [-0.05, 0) is 53.2 Å². The van der Waals surface area contributed by atoms with Gasteiger partial charge in [0, 0.05) is 27.4 Å². The average molecular weight is 371 g/mol. The van der Waals surface area contributed by atoms with Crippen molar-refractivity contribution in [2.75, 3.05) is 0 Å². The highest BCUT2D eigenvalue weighted by Crippen LogP contribution is 2.32. The van der Waals surface area contributed by atoms with Crippen LogP contribution in [0.1, 0.15) is 60.3 Å². The quantitative estimate of drug-likeness (QED) is 0.696. The lowest BCUT2D eigenvalue weighted by atomic mass is 10.1. The first-order valence-electron chi connectivity index (χ1n) is 9.08. The maximum atomic E-state index is 12.9. The number of carbonyl (C=O) groups is 1. The summed E-state index contributed by atoms with van der Waals surface area (Å²) < 4.78 is 1.88. The maximum absolute atomic E-state index is 12.9. The van der Waals surface area contributed by atoms with Gasteiger partial charge in [0.05, 0.1) is 22.8 Å². The molecule has 3 heterocycles. The van der Waals surface area contributed by atoms with Gasteiger partial charge in [0.25, 0.3) is 5.91 Å². The fourth-order valence-corrected chi connectivity index (χ4v) is 3.94. The summed E-state index contributed by atoms with van der Waals surface area (Å²) in [4.78, 5) is 20.2. The van der Waals surface area contributed by atoms with Gasteiger partial charge in [-0.3, -0.25) is 4.79 Å². The van der Waals surface area contributed by atoms with Crippen LogP contribution in [0, 0.1) is 13.8 Å². The fraction of sp³-hybridized carbons (Fsp3) is 0.450. The van der Waals surface area contributed by atoms with Crippen LogP contribution in [0.2, 0.25) is 0 Å². The van der Waals surface area contributed by atoms with Crippen molar-refractivity contribution in [3.05, 3.63) is 33.6 Å². The predicted molar refractivity (Wildman–Crippen MR) is 108 cm³/mol. The lowest BCUT2D eigenvalue weighted by Crippen LogP contribution is -2.32. The standard InChI is InChI=1S/C20H26N4OS/c1-7-12(4)22-20(25)16-9-18(15-8-13(5)26-14(15)6)23-19-17(16)10-21-24(19)11(2)3/h8-12H,7H2,1-6H3,(H,22,25). The Bertz CT molecular complexity index is 954. The number of aromatic nitrogens is 3. The van der Waals surface area contributed by atoms with Crippen molar-refractivity contribution in [3.8, 4) is 11.3 Å². The highest BCUT2D eigenvalue weighted by molar-refractivity contribution is 7.12. The van der Waals surface area contributed by atoms with E-state index in [1.54, 1.807) is 17.5 Å². The van der Waals surface area contributed by atoms with E-state index in [2.05, 4.69) is 51.1 Å².